The zero-order chi connectivity index (χ0) is 19.7. The molecular formula is C21H31N5O2. The zero-order valence-electron chi connectivity index (χ0n) is 16.7. The van der Waals surface area contributed by atoms with Crippen molar-refractivity contribution in [1.29, 1.82) is 0 Å². The van der Waals surface area contributed by atoms with Gasteiger partial charge in [0, 0.05) is 31.6 Å². The van der Waals surface area contributed by atoms with Crippen LogP contribution in [0.2, 0.25) is 0 Å². The van der Waals surface area contributed by atoms with Gasteiger partial charge in [0.15, 0.2) is 0 Å². The number of hydrogen-bond donors (Lipinski definition) is 3. The van der Waals surface area contributed by atoms with Crippen LogP contribution >= 0.6 is 0 Å². The molecule has 0 spiro atoms. The van der Waals surface area contributed by atoms with Gasteiger partial charge >= 0.3 is 0 Å². The lowest BCUT2D eigenvalue weighted by atomic mass is 9.97. The molecular weight excluding hydrogens is 354 g/mol. The SMILES string of the molecule is CC(C)CC(=O)N1C[C@H](NC(=O)C2CC(c3ccccn3)NN2)[C@@H](C2CC2)C1. The lowest BCUT2D eigenvalue weighted by molar-refractivity contribution is -0.131. The van der Waals surface area contributed by atoms with Crippen molar-refractivity contribution >= 4 is 11.8 Å². The molecule has 2 saturated heterocycles. The molecule has 28 heavy (non-hydrogen) atoms. The van der Waals surface area contributed by atoms with E-state index >= 15 is 0 Å². The molecule has 1 saturated carbocycles. The van der Waals surface area contributed by atoms with Gasteiger partial charge in [-0.1, -0.05) is 19.9 Å². The summed E-state index contributed by atoms with van der Waals surface area (Å²) in [4.78, 5) is 31.7. The molecule has 2 unspecified atom stereocenters. The Bertz CT molecular complexity index is 706. The highest BCUT2D eigenvalue weighted by Gasteiger charge is 2.45. The van der Waals surface area contributed by atoms with Crippen LogP contribution in [0, 0.1) is 17.8 Å². The van der Waals surface area contributed by atoms with Crippen LogP contribution in [-0.2, 0) is 9.59 Å². The summed E-state index contributed by atoms with van der Waals surface area (Å²) in [5.74, 6) is 1.63. The van der Waals surface area contributed by atoms with Crippen molar-refractivity contribution in [3.8, 4) is 0 Å². The van der Waals surface area contributed by atoms with Crippen molar-refractivity contribution in [3.05, 3.63) is 30.1 Å². The van der Waals surface area contributed by atoms with Gasteiger partial charge in [-0.05, 0) is 43.2 Å². The summed E-state index contributed by atoms with van der Waals surface area (Å²) in [7, 11) is 0. The van der Waals surface area contributed by atoms with Crippen LogP contribution in [0.5, 0.6) is 0 Å². The molecule has 4 rings (SSSR count). The predicted octanol–water partition coefficient (Wildman–Crippen LogP) is 1.39. The lowest BCUT2D eigenvalue weighted by Gasteiger charge is -2.21. The van der Waals surface area contributed by atoms with Gasteiger partial charge in [-0.25, -0.2) is 10.9 Å². The summed E-state index contributed by atoms with van der Waals surface area (Å²) < 4.78 is 0. The Morgan fingerprint density at radius 2 is 2.07 bits per heavy atom. The molecule has 1 aromatic rings. The summed E-state index contributed by atoms with van der Waals surface area (Å²) in [5.41, 5.74) is 7.24. The van der Waals surface area contributed by atoms with Crippen LogP contribution in [0.4, 0.5) is 0 Å². The fourth-order valence-electron chi connectivity index (χ4n) is 4.45. The quantitative estimate of drug-likeness (QED) is 0.689. The van der Waals surface area contributed by atoms with E-state index in [2.05, 4.69) is 35.0 Å². The number of carbonyl (C=O) groups is 2. The summed E-state index contributed by atoms with van der Waals surface area (Å²) >= 11 is 0. The summed E-state index contributed by atoms with van der Waals surface area (Å²) in [6.07, 6.45) is 5.45. The van der Waals surface area contributed by atoms with E-state index in [1.807, 2.05) is 23.1 Å². The minimum atomic E-state index is -0.285. The van der Waals surface area contributed by atoms with Gasteiger partial charge in [0.2, 0.25) is 11.8 Å². The van der Waals surface area contributed by atoms with Crippen LogP contribution in [0.25, 0.3) is 0 Å². The Labute approximate surface area is 166 Å². The smallest absolute Gasteiger partial charge is 0.238 e. The number of pyridine rings is 1. The highest BCUT2D eigenvalue weighted by Crippen LogP contribution is 2.41. The molecule has 1 aromatic heterocycles. The van der Waals surface area contributed by atoms with E-state index in [1.54, 1.807) is 6.20 Å². The van der Waals surface area contributed by atoms with Gasteiger partial charge in [-0.3, -0.25) is 14.6 Å². The van der Waals surface area contributed by atoms with Crippen molar-refractivity contribution < 1.29 is 9.59 Å². The number of nitrogens with one attached hydrogen (secondary N) is 3. The fourth-order valence-corrected chi connectivity index (χ4v) is 4.45. The Balaban J connectivity index is 1.35. The van der Waals surface area contributed by atoms with E-state index in [9.17, 15) is 9.59 Å². The number of rotatable bonds is 6. The number of hydrogen-bond acceptors (Lipinski definition) is 5. The molecule has 3 aliphatic rings. The maximum absolute atomic E-state index is 12.9. The van der Waals surface area contributed by atoms with Crippen molar-refractivity contribution in [2.45, 2.75) is 57.7 Å². The van der Waals surface area contributed by atoms with E-state index in [4.69, 9.17) is 0 Å². The van der Waals surface area contributed by atoms with Crippen LogP contribution in [0.15, 0.2) is 24.4 Å². The minimum Gasteiger partial charge on any atom is -0.350 e. The number of hydrazine groups is 1. The van der Waals surface area contributed by atoms with Crippen LogP contribution in [0.3, 0.4) is 0 Å². The summed E-state index contributed by atoms with van der Waals surface area (Å²) in [5, 5.41) is 3.25. The van der Waals surface area contributed by atoms with Gasteiger partial charge in [0.25, 0.3) is 0 Å². The molecule has 1 aliphatic carbocycles. The number of likely N-dealkylation sites (tertiary alicyclic amines) is 1. The molecule has 0 aromatic carbocycles. The van der Waals surface area contributed by atoms with E-state index < -0.39 is 0 Å². The highest BCUT2D eigenvalue weighted by atomic mass is 16.2. The number of nitrogens with zero attached hydrogens (tertiary/aromatic N) is 2. The minimum absolute atomic E-state index is 0.0136. The second-order valence-corrected chi connectivity index (χ2v) is 8.90. The Hall–Kier alpha value is -1.99. The molecule has 0 radical (unpaired) electrons. The first-order valence-electron chi connectivity index (χ1n) is 10.5. The van der Waals surface area contributed by atoms with Gasteiger partial charge in [0.05, 0.1) is 17.8 Å². The van der Waals surface area contributed by atoms with Crippen molar-refractivity contribution in [2.24, 2.45) is 17.8 Å². The Kier molecular flexibility index (Phi) is 5.64. The Morgan fingerprint density at radius 1 is 1.25 bits per heavy atom. The van der Waals surface area contributed by atoms with Gasteiger partial charge < -0.3 is 10.2 Å². The molecule has 4 atom stereocenters. The fraction of sp³-hybridized carbons (Fsp3) is 0.667. The van der Waals surface area contributed by atoms with Crippen molar-refractivity contribution in [3.63, 3.8) is 0 Å². The molecule has 3 heterocycles. The van der Waals surface area contributed by atoms with Gasteiger partial charge in [0.1, 0.15) is 6.04 Å². The molecule has 7 nitrogen and oxygen atoms in total. The average molecular weight is 386 g/mol. The van der Waals surface area contributed by atoms with Crippen LogP contribution in [0.1, 0.15) is 51.3 Å². The van der Waals surface area contributed by atoms with Gasteiger partial charge in [-0.2, -0.15) is 0 Å². The molecule has 3 fully saturated rings. The van der Waals surface area contributed by atoms with E-state index in [-0.39, 0.29) is 29.9 Å². The third kappa shape index (κ3) is 4.36. The lowest BCUT2D eigenvalue weighted by Crippen LogP contribution is -2.49. The number of aromatic nitrogens is 1. The Morgan fingerprint density at radius 3 is 2.75 bits per heavy atom. The third-order valence-electron chi connectivity index (χ3n) is 6.12. The maximum Gasteiger partial charge on any atom is 0.238 e. The van der Waals surface area contributed by atoms with Crippen molar-refractivity contribution in [2.75, 3.05) is 13.1 Å². The molecule has 2 aliphatic heterocycles. The standard InChI is InChI=1S/C21H31N5O2/c1-13(2)9-20(27)26-11-15(14-6-7-14)19(12-26)23-21(28)18-10-17(24-25-18)16-5-3-4-8-22-16/h3-5,8,13-15,17-19,24-25H,6-7,9-12H2,1-2H3,(H,23,28)/t15-,17?,18?,19+/m1/s1. The second-order valence-electron chi connectivity index (χ2n) is 8.90. The number of carbonyl (C=O) groups excluding carboxylic acids is 2. The largest absolute Gasteiger partial charge is 0.350 e. The highest BCUT2D eigenvalue weighted by molar-refractivity contribution is 5.83. The first kappa shape index (κ1) is 19.3. The second kappa shape index (κ2) is 8.17. The molecule has 7 heteroatoms. The first-order valence-corrected chi connectivity index (χ1v) is 10.5. The summed E-state index contributed by atoms with van der Waals surface area (Å²) in [6.45, 7) is 5.57. The van der Waals surface area contributed by atoms with Crippen molar-refractivity contribution in [1.82, 2.24) is 26.1 Å². The average Bonchev–Trinajstić information content (AvgIpc) is 3.24. The maximum atomic E-state index is 12.9. The predicted molar refractivity (Wildman–Crippen MR) is 106 cm³/mol. The number of amides is 2. The van der Waals surface area contributed by atoms with Gasteiger partial charge in [-0.15, -0.1) is 0 Å². The normalized spacial score (nSPS) is 30.0. The van der Waals surface area contributed by atoms with E-state index in [0.717, 1.165) is 12.2 Å². The first-order chi connectivity index (χ1) is 13.5. The van der Waals surface area contributed by atoms with E-state index in [0.29, 0.717) is 37.1 Å². The molecule has 152 valence electrons. The topological polar surface area (TPSA) is 86.4 Å². The van der Waals surface area contributed by atoms with Crippen LogP contribution in [-0.4, -0.2) is 46.9 Å². The van der Waals surface area contributed by atoms with Crippen LogP contribution < -0.4 is 16.2 Å². The molecule has 0 bridgehead atoms. The zero-order valence-corrected chi connectivity index (χ0v) is 16.7. The van der Waals surface area contributed by atoms with E-state index in [1.165, 1.54) is 12.8 Å². The summed E-state index contributed by atoms with van der Waals surface area (Å²) in [6, 6.07) is 5.63. The molecule has 2 amide bonds. The molecule has 3 N–H and O–H groups in total. The third-order valence-corrected chi connectivity index (χ3v) is 6.12. The monoisotopic (exact) mass is 385 g/mol.